The molecule has 2 fully saturated rings. The average Bonchev–Trinajstić information content (AvgIpc) is 2.72. The fourth-order valence-corrected chi connectivity index (χ4v) is 4.06. The lowest BCUT2D eigenvalue weighted by Crippen LogP contribution is -2.51. The molecule has 2 saturated heterocycles. The normalized spacial score (nSPS) is 20.8. The van der Waals surface area contributed by atoms with Crippen LogP contribution in [0.5, 0.6) is 0 Å². The number of ether oxygens (including phenoxy) is 1. The number of hydrogen-bond donors (Lipinski definition) is 0. The first-order valence-corrected chi connectivity index (χ1v) is 10.3. The second-order valence-corrected chi connectivity index (χ2v) is 7.76. The van der Waals surface area contributed by atoms with Crippen molar-refractivity contribution in [3.05, 3.63) is 29.6 Å². The molecule has 0 radical (unpaired) electrons. The minimum Gasteiger partial charge on any atom is -0.379 e. The van der Waals surface area contributed by atoms with E-state index in [1.165, 1.54) is 0 Å². The molecule has 3 heterocycles. The quantitative estimate of drug-likeness (QED) is 0.740. The van der Waals surface area contributed by atoms with Crippen LogP contribution in [0.4, 0.5) is 0 Å². The van der Waals surface area contributed by atoms with E-state index in [9.17, 15) is 9.59 Å². The van der Waals surface area contributed by atoms with E-state index in [2.05, 4.69) is 9.88 Å². The minimum atomic E-state index is 0.00835. The molecule has 7 heteroatoms. The van der Waals surface area contributed by atoms with Crippen LogP contribution in [0.25, 0.3) is 0 Å². The van der Waals surface area contributed by atoms with Crippen LogP contribution in [0, 0.1) is 6.92 Å². The number of carbonyl (C=O) groups excluding carboxylic acids is 2. The number of pyridine rings is 1. The van der Waals surface area contributed by atoms with Crippen LogP contribution >= 0.6 is 0 Å². The van der Waals surface area contributed by atoms with E-state index in [1.807, 2.05) is 28.9 Å². The third kappa shape index (κ3) is 5.52. The van der Waals surface area contributed by atoms with E-state index in [1.54, 1.807) is 13.1 Å². The Morgan fingerprint density at radius 2 is 2.04 bits per heavy atom. The van der Waals surface area contributed by atoms with Crippen LogP contribution in [0.15, 0.2) is 18.3 Å². The zero-order valence-corrected chi connectivity index (χ0v) is 17.1. The molecule has 3 rings (SSSR count). The maximum Gasteiger partial charge on any atom is 0.255 e. The van der Waals surface area contributed by atoms with Gasteiger partial charge >= 0.3 is 0 Å². The highest BCUT2D eigenvalue weighted by Gasteiger charge is 2.29. The number of aryl methyl sites for hydroxylation is 1. The summed E-state index contributed by atoms with van der Waals surface area (Å²) in [4.78, 5) is 35.6. The van der Waals surface area contributed by atoms with E-state index in [0.717, 1.165) is 70.9 Å². The molecule has 0 aliphatic carbocycles. The van der Waals surface area contributed by atoms with Crippen molar-refractivity contribution in [3.63, 3.8) is 0 Å². The van der Waals surface area contributed by atoms with Crippen LogP contribution in [-0.2, 0) is 9.53 Å². The predicted molar refractivity (Wildman–Crippen MR) is 107 cm³/mol. The average molecular weight is 389 g/mol. The molecule has 7 nitrogen and oxygen atoms in total. The number of rotatable bonds is 6. The van der Waals surface area contributed by atoms with Gasteiger partial charge in [0.05, 0.1) is 18.8 Å². The second kappa shape index (κ2) is 9.98. The molecule has 1 unspecified atom stereocenters. The lowest BCUT2D eigenvalue weighted by atomic mass is 10.0. The van der Waals surface area contributed by atoms with Crippen molar-refractivity contribution in [1.29, 1.82) is 0 Å². The Morgan fingerprint density at radius 1 is 1.25 bits per heavy atom. The Morgan fingerprint density at radius 3 is 2.71 bits per heavy atom. The topological polar surface area (TPSA) is 66.0 Å². The van der Waals surface area contributed by atoms with Crippen molar-refractivity contribution < 1.29 is 14.3 Å². The summed E-state index contributed by atoms with van der Waals surface area (Å²) in [6.07, 6.45) is 4.47. The highest BCUT2D eigenvalue weighted by molar-refractivity contribution is 5.94. The minimum absolute atomic E-state index is 0.00835. The molecule has 154 valence electrons. The standard InChI is InChI=1S/C21H32N4O3/c1-17-6-7-19(15-22-17)21(27)24-9-3-5-20(16-24)25(18(2)26)10-4-8-23-11-13-28-14-12-23/h6-7,15,20H,3-5,8-14,16H2,1-2H3. The van der Waals surface area contributed by atoms with E-state index < -0.39 is 0 Å². The maximum absolute atomic E-state index is 12.8. The molecule has 2 aliphatic heterocycles. The summed E-state index contributed by atoms with van der Waals surface area (Å²) < 4.78 is 5.39. The van der Waals surface area contributed by atoms with Gasteiger partial charge in [0.1, 0.15) is 0 Å². The van der Waals surface area contributed by atoms with Crippen molar-refractivity contribution in [3.8, 4) is 0 Å². The number of carbonyl (C=O) groups is 2. The Kier molecular flexibility index (Phi) is 7.39. The SMILES string of the molecule is CC(=O)N(CCCN1CCOCC1)C1CCCN(C(=O)c2ccc(C)nc2)C1. The van der Waals surface area contributed by atoms with Crippen LogP contribution in [-0.4, -0.2) is 90.0 Å². The van der Waals surface area contributed by atoms with Crippen molar-refractivity contribution in [2.24, 2.45) is 0 Å². The summed E-state index contributed by atoms with van der Waals surface area (Å²) in [5, 5.41) is 0. The molecule has 0 saturated carbocycles. The largest absolute Gasteiger partial charge is 0.379 e. The summed E-state index contributed by atoms with van der Waals surface area (Å²) in [6.45, 7) is 10.1. The van der Waals surface area contributed by atoms with Crippen LogP contribution in [0.3, 0.4) is 0 Å². The summed E-state index contributed by atoms with van der Waals surface area (Å²) in [7, 11) is 0. The zero-order valence-electron chi connectivity index (χ0n) is 17.1. The number of likely N-dealkylation sites (tertiary alicyclic amines) is 1. The number of amides is 2. The van der Waals surface area contributed by atoms with Gasteiger partial charge < -0.3 is 14.5 Å². The highest BCUT2D eigenvalue weighted by atomic mass is 16.5. The molecular formula is C21H32N4O3. The lowest BCUT2D eigenvalue weighted by molar-refractivity contribution is -0.132. The summed E-state index contributed by atoms with van der Waals surface area (Å²) in [5.41, 5.74) is 1.52. The molecule has 1 aromatic heterocycles. The Balaban J connectivity index is 1.55. The van der Waals surface area contributed by atoms with Crippen molar-refractivity contribution in [2.75, 3.05) is 52.5 Å². The molecule has 1 aromatic rings. The van der Waals surface area contributed by atoms with Gasteiger partial charge in [-0.2, -0.15) is 0 Å². The summed E-state index contributed by atoms with van der Waals surface area (Å²) in [5.74, 6) is 0.104. The number of nitrogens with zero attached hydrogens (tertiary/aromatic N) is 4. The fraction of sp³-hybridized carbons (Fsp3) is 0.667. The third-order valence-corrected chi connectivity index (χ3v) is 5.66. The van der Waals surface area contributed by atoms with Gasteiger partial charge in [-0.05, 0) is 38.3 Å². The fourth-order valence-electron chi connectivity index (χ4n) is 4.06. The van der Waals surface area contributed by atoms with E-state index >= 15 is 0 Å². The lowest BCUT2D eigenvalue weighted by Gasteiger charge is -2.39. The van der Waals surface area contributed by atoms with Gasteiger partial charge in [0, 0.05) is 64.1 Å². The Bertz CT molecular complexity index is 658. The van der Waals surface area contributed by atoms with Gasteiger partial charge in [0.15, 0.2) is 0 Å². The first kappa shape index (κ1) is 20.7. The second-order valence-electron chi connectivity index (χ2n) is 7.76. The maximum atomic E-state index is 12.8. The van der Waals surface area contributed by atoms with Crippen LogP contribution in [0.1, 0.15) is 42.2 Å². The monoisotopic (exact) mass is 388 g/mol. The van der Waals surface area contributed by atoms with Gasteiger partial charge in [0.25, 0.3) is 5.91 Å². The molecular weight excluding hydrogens is 356 g/mol. The van der Waals surface area contributed by atoms with Crippen molar-refractivity contribution in [1.82, 2.24) is 19.7 Å². The summed E-state index contributed by atoms with van der Waals surface area (Å²) in [6, 6.07) is 3.79. The predicted octanol–water partition coefficient (Wildman–Crippen LogP) is 1.57. The van der Waals surface area contributed by atoms with Crippen molar-refractivity contribution >= 4 is 11.8 Å². The number of piperidine rings is 1. The Hall–Kier alpha value is -1.99. The molecule has 0 spiro atoms. The van der Waals surface area contributed by atoms with Crippen LogP contribution < -0.4 is 0 Å². The molecule has 0 N–H and O–H groups in total. The van der Waals surface area contributed by atoms with Gasteiger partial charge in [-0.15, -0.1) is 0 Å². The Labute approximate surface area is 167 Å². The molecule has 28 heavy (non-hydrogen) atoms. The van der Waals surface area contributed by atoms with E-state index in [4.69, 9.17) is 4.74 Å². The van der Waals surface area contributed by atoms with E-state index in [0.29, 0.717) is 12.1 Å². The van der Waals surface area contributed by atoms with Crippen LogP contribution in [0.2, 0.25) is 0 Å². The number of morpholine rings is 1. The van der Waals surface area contributed by atoms with Crippen molar-refractivity contribution in [2.45, 2.75) is 39.2 Å². The van der Waals surface area contributed by atoms with Gasteiger partial charge in [0.2, 0.25) is 5.91 Å². The summed E-state index contributed by atoms with van der Waals surface area (Å²) >= 11 is 0. The number of hydrogen-bond acceptors (Lipinski definition) is 5. The first-order valence-electron chi connectivity index (χ1n) is 10.3. The van der Waals surface area contributed by atoms with Gasteiger partial charge in [-0.25, -0.2) is 0 Å². The highest BCUT2D eigenvalue weighted by Crippen LogP contribution is 2.19. The smallest absolute Gasteiger partial charge is 0.255 e. The van der Waals surface area contributed by atoms with Gasteiger partial charge in [-0.1, -0.05) is 0 Å². The third-order valence-electron chi connectivity index (χ3n) is 5.66. The molecule has 0 bridgehead atoms. The number of aromatic nitrogens is 1. The van der Waals surface area contributed by atoms with E-state index in [-0.39, 0.29) is 17.9 Å². The molecule has 1 atom stereocenters. The van der Waals surface area contributed by atoms with Gasteiger partial charge in [-0.3, -0.25) is 19.5 Å². The molecule has 2 amide bonds. The first-order chi connectivity index (χ1) is 13.5. The molecule has 0 aromatic carbocycles. The zero-order chi connectivity index (χ0) is 19.9. The molecule has 2 aliphatic rings.